The van der Waals surface area contributed by atoms with Gasteiger partial charge in [0.25, 0.3) is 0 Å². The van der Waals surface area contributed by atoms with E-state index in [9.17, 15) is 8.78 Å². The quantitative estimate of drug-likeness (QED) is 0.825. The number of nitrogen functional groups attached to an aromatic ring is 1. The molecule has 2 nitrogen and oxygen atoms in total. The van der Waals surface area contributed by atoms with Gasteiger partial charge < -0.3 is 5.73 Å². The van der Waals surface area contributed by atoms with Crippen molar-refractivity contribution in [3.8, 4) is 0 Å². The number of aromatic nitrogens is 1. The van der Waals surface area contributed by atoms with Gasteiger partial charge in [-0.3, -0.25) is 0 Å². The molecule has 0 amide bonds. The Hall–Kier alpha value is -1.71. The second kappa shape index (κ2) is 3.95. The Morgan fingerprint density at radius 2 is 1.94 bits per heavy atom. The van der Waals surface area contributed by atoms with Crippen molar-refractivity contribution in [1.82, 2.24) is 4.98 Å². The first-order chi connectivity index (χ1) is 7.97. The Morgan fingerprint density at radius 1 is 1.29 bits per heavy atom. The molecule has 0 aliphatic carbocycles. The molecule has 1 aromatic carbocycles. The lowest BCUT2D eigenvalue weighted by molar-refractivity contribution is 0.607. The highest BCUT2D eigenvalue weighted by Gasteiger charge is 2.17. The smallest absolute Gasteiger partial charge is 0.149 e. The van der Waals surface area contributed by atoms with Crippen LogP contribution in [-0.2, 0) is 6.42 Å². The summed E-state index contributed by atoms with van der Waals surface area (Å²) in [4.78, 5) is 4.16. The van der Waals surface area contributed by atoms with Gasteiger partial charge in [-0.1, -0.05) is 6.92 Å². The average molecular weight is 236 g/mol. The third kappa shape index (κ3) is 1.64. The SMILES string of the molecule is CCc1nc2c(F)cc(C)c(F)c2c(N)c1C. The van der Waals surface area contributed by atoms with Crippen molar-refractivity contribution in [2.24, 2.45) is 0 Å². The summed E-state index contributed by atoms with van der Waals surface area (Å²) in [6.45, 7) is 5.20. The Labute approximate surface area is 98.5 Å². The number of pyridine rings is 1. The molecule has 0 radical (unpaired) electrons. The van der Waals surface area contributed by atoms with E-state index in [1.54, 1.807) is 6.92 Å². The van der Waals surface area contributed by atoms with Crippen LogP contribution in [0.15, 0.2) is 6.07 Å². The lowest BCUT2D eigenvalue weighted by atomic mass is 10.0. The minimum Gasteiger partial charge on any atom is -0.398 e. The van der Waals surface area contributed by atoms with Crippen molar-refractivity contribution in [3.63, 3.8) is 0 Å². The molecule has 1 heterocycles. The molecule has 0 aliphatic heterocycles. The van der Waals surface area contributed by atoms with E-state index >= 15 is 0 Å². The first kappa shape index (κ1) is 11.8. The van der Waals surface area contributed by atoms with E-state index in [2.05, 4.69) is 4.98 Å². The maximum atomic E-state index is 14.0. The standard InChI is InChI=1S/C13H14F2N2/c1-4-9-7(3)12(16)10-11(15)6(2)5-8(14)13(10)17-9/h5H,4H2,1-3H3,(H2,16,17). The predicted molar refractivity (Wildman–Crippen MR) is 64.9 cm³/mol. The van der Waals surface area contributed by atoms with Gasteiger partial charge in [0.1, 0.15) is 17.2 Å². The molecule has 0 saturated carbocycles. The number of fused-ring (bicyclic) bond motifs is 1. The Bertz CT molecular complexity index is 606. The summed E-state index contributed by atoms with van der Waals surface area (Å²) >= 11 is 0. The van der Waals surface area contributed by atoms with Crippen LogP contribution in [0.2, 0.25) is 0 Å². The van der Waals surface area contributed by atoms with Crippen LogP contribution in [0.4, 0.5) is 14.5 Å². The molecule has 0 spiro atoms. The molecule has 4 heteroatoms. The number of nitrogens with zero attached hydrogens (tertiary/aromatic N) is 1. The van der Waals surface area contributed by atoms with Crippen LogP contribution < -0.4 is 5.73 Å². The number of nitrogens with two attached hydrogens (primary N) is 1. The van der Waals surface area contributed by atoms with Gasteiger partial charge in [-0.2, -0.15) is 0 Å². The predicted octanol–water partition coefficient (Wildman–Crippen LogP) is 3.27. The van der Waals surface area contributed by atoms with E-state index < -0.39 is 11.6 Å². The van der Waals surface area contributed by atoms with Crippen molar-refractivity contribution in [1.29, 1.82) is 0 Å². The number of hydrogen-bond donors (Lipinski definition) is 1. The summed E-state index contributed by atoms with van der Waals surface area (Å²) in [6, 6.07) is 1.15. The Balaban J connectivity index is 3.01. The molecule has 90 valence electrons. The molecule has 0 bridgehead atoms. The molecular weight excluding hydrogens is 222 g/mol. The van der Waals surface area contributed by atoms with Crippen LogP contribution in [0, 0.1) is 25.5 Å². The topological polar surface area (TPSA) is 38.9 Å². The fraction of sp³-hybridized carbons (Fsp3) is 0.308. The number of benzene rings is 1. The fourth-order valence-corrected chi connectivity index (χ4v) is 2.00. The minimum absolute atomic E-state index is 0.0213. The highest BCUT2D eigenvalue weighted by Crippen LogP contribution is 2.31. The van der Waals surface area contributed by atoms with E-state index in [1.165, 1.54) is 6.92 Å². The normalized spacial score (nSPS) is 11.1. The highest BCUT2D eigenvalue weighted by molar-refractivity contribution is 5.93. The van der Waals surface area contributed by atoms with Crippen molar-refractivity contribution in [2.75, 3.05) is 5.73 Å². The number of halogens is 2. The second-order valence-corrected chi connectivity index (χ2v) is 4.16. The van der Waals surface area contributed by atoms with Crippen molar-refractivity contribution >= 4 is 16.6 Å². The van der Waals surface area contributed by atoms with Crippen molar-refractivity contribution in [2.45, 2.75) is 27.2 Å². The maximum Gasteiger partial charge on any atom is 0.149 e. The van der Waals surface area contributed by atoms with E-state index in [4.69, 9.17) is 5.73 Å². The Kier molecular flexibility index (Phi) is 2.73. The van der Waals surface area contributed by atoms with E-state index in [0.717, 1.165) is 11.6 Å². The van der Waals surface area contributed by atoms with Gasteiger partial charge >= 0.3 is 0 Å². The molecule has 0 aliphatic rings. The summed E-state index contributed by atoms with van der Waals surface area (Å²) < 4.78 is 27.7. The number of aryl methyl sites for hydroxylation is 2. The van der Waals surface area contributed by atoms with Gasteiger partial charge in [-0.05, 0) is 37.5 Å². The third-order valence-electron chi connectivity index (χ3n) is 3.06. The maximum absolute atomic E-state index is 14.0. The van der Waals surface area contributed by atoms with Crippen LogP contribution >= 0.6 is 0 Å². The van der Waals surface area contributed by atoms with E-state index in [-0.39, 0.29) is 22.2 Å². The summed E-state index contributed by atoms with van der Waals surface area (Å²) in [6.07, 6.45) is 0.640. The van der Waals surface area contributed by atoms with Crippen molar-refractivity contribution < 1.29 is 8.78 Å². The molecule has 1 aromatic heterocycles. The van der Waals surface area contributed by atoms with E-state index in [0.29, 0.717) is 12.1 Å². The monoisotopic (exact) mass is 236 g/mol. The summed E-state index contributed by atoms with van der Waals surface area (Å²) in [5.41, 5.74) is 7.87. The largest absolute Gasteiger partial charge is 0.398 e. The summed E-state index contributed by atoms with van der Waals surface area (Å²) in [5, 5.41) is 0.0946. The summed E-state index contributed by atoms with van der Waals surface area (Å²) in [5.74, 6) is -1.02. The van der Waals surface area contributed by atoms with Gasteiger partial charge in [0.2, 0.25) is 0 Å². The molecule has 2 N–H and O–H groups in total. The minimum atomic E-state index is -0.527. The van der Waals surface area contributed by atoms with Gasteiger partial charge in [0, 0.05) is 11.4 Å². The molecule has 17 heavy (non-hydrogen) atoms. The van der Waals surface area contributed by atoms with Crippen molar-refractivity contribution in [3.05, 3.63) is 34.5 Å². The van der Waals surface area contributed by atoms with Gasteiger partial charge in [-0.25, -0.2) is 13.8 Å². The van der Waals surface area contributed by atoms with Crippen LogP contribution in [0.5, 0.6) is 0 Å². The number of anilines is 1. The average Bonchev–Trinajstić information content (AvgIpc) is 2.29. The number of rotatable bonds is 1. The first-order valence-corrected chi connectivity index (χ1v) is 5.50. The lowest BCUT2D eigenvalue weighted by Gasteiger charge is -2.12. The lowest BCUT2D eigenvalue weighted by Crippen LogP contribution is -2.04. The zero-order chi connectivity index (χ0) is 12.7. The van der Waals surface area contributed by atoms with E-state index in [1.807, 2.05) is 6.92 Å². The van der Waals surface area contributed by atoms with Gasteiger partial charge in [0.05, 0.1) is 5.39 Å². The van der Waals surface area contributed by atoms with Gasteiger partial charge in [0.15, 0.2) is 0 Å². The Morgan fingerprint density at radius 3 is 2.53 bits per heavy atom. The van der Waals surface area contributed by atoms with Crippen LogP contribution in [0.3, 0.4) is 0 Å². The van der Waals surface area contributed by atoms with Crippen LogP contribution in [0.1, 0.15) is 23.7 Å². The molecular formula is C13H14F2N2. The molecule has 2 aromatic rings. The molecule has 0 fully saturated rings. The second-order valence-electron chi connectivity index (χ2n) is 4.16. The van der Waals surface area contributed by atoms with Crippen LogP contribution in [0.25, 0.3) is 10.9 Å². The highest BCUT2D eigenvalue weighted by atomic mass is 19.1. The molecule has 0 saturated heterocycles. The molecule has 2 rings (SSSR count). The molecule has 0 atom stereocenters. The zero-order valence-corrected chi connectivity index (χ0v) is 10.1. The summed E-state index contributed by atoms with van der Waals surface area (Å²) in [7, 11) is 0. The molecule has 0 unspecified atom stereocenters. The fourth-order valence-electron chi connectivity index (χ4n) is 2.00. The number of hydrogen-bond acceptors (Lipinski definition) is 2. The third-order valence-corrected chi connectivity index (χ3v) is 3.06. The first-order valence-electron chi connectivity index (χ1n) is 5.50. The van der Waals surface area contributed by atoms with Crippen LogP contribution in [-0.4, -0.2) is 4.98 Å². The van der Waals surface area contributed by atoms with Gasteiger partial charge in [-0.15, -0.1) is 0 Å². The zero-order valence-electron chi connectivity index (χ0n) is 10.1.